The van der Waals surface area contributed by atoms with Gasteiger partial charge in [-0.05, 0) is 19.1 Å². The zero-order valence-corrected chi connectivity index (χ0v) is 10.7. The van der Waals surface area contributed by atoms with E-state index >= 15 is 0 Å². The predicted octanol–water partition coefficient (Wildman–Crippen LogP) is 2.02. The van der Waals surface area contributed by atoms with Gasteiger partial charge in [-0.15, -0.1) is 24.2 Å². The Labute approximate surface area is 106 Å². The van der Waals surface area contributed by atoms with Crippen molar-refractivity contribution in [3.8, 4) is 0 Å². The van der Waals surface area contributed by atoms with Gasteiger partial charge >= 0.3 is 0 Å². The summed E-state index contributed by atoms with van der Waals surface area (Å²) in [5, 5.41) is 6.04. The lowest BCUT2D eigenvalue weighted by molar-refractivity contribution is -0.117. The fourth-order valence-electron chi connectivity index (χ4n) is 1.43. The quantitative estimate of drug-likeness (QED) is 0.853. The number of thioether (sulfide) groups is 1. The number of hydrogen-bond donors (Lipinski definition) is 2. The number of carbonyl (C=O) groups is 1. The van der Waals surface area contributed by atoms with Crippen LogP contribution in [0, 0.1) is 6.92 Å². The minimum absolute atomic E-state index is 0. The Morgan fingerprint density at radius 2 is 2.12 bits per heavy atom. The molecule has 0 aromatic heterocycles. The molecule has 1 aliphatic rings. The van der Waals surface area contributed by atoms with Crippen molar-refractivity contribution in [1.82, 2.24) is 5.32 Å². The van der Waals surface area contributed by atoms with Gasteiger partial charge in [-0.1, -0.05) is 17.7 Å². The maximum absolute atomic E-state index is 11.7. The van der Waals surface area contributed by atoms with Gasteiger partial charge in [0.15, 0.2) is 0 Å². The highest BCUT2D eigenvalue weighted by molar-refractivity contribution is 7.99. The molecule has 0 unspecified atom stereocenters. The van der Waals surface area contributed by atoms with Gasteiger partial charge in [-0.3, -0.25) is 10.1 Å². The van der Waals surface area contributed by atoms with Crippen molar-refractivity contribution in [2.45, 2.75) is 13.0 Å². The van der Waals surface area contributed by atoms with Crippen LogP contribution in [-0.2, 0) is 4.79 Å². The van der Waals surface area contributed by atoms with E-state index in [9.17, 15) is 4.79 Å². The molecule has 0 radical (unpaired) electrons. The van der Waals surface area contributed by atoms with Crippen molar-refractivity contribution in [3.63, 3.8) is 0 Å². The Balaban J connectivity index is 0.00000128. The molecule has 3 nitrogen and oxygen atoms in total. The number of rotatable bonds is 2. The first-order chi connectivity index (χ1) is 7.25. The van der Waals surface area contributed by atoms with Gasteiger partial charge in [0.1, 0.15) is 0 Å². The molecule has 1 heterocycles. The van der Waals surface area contributed by atoms with E-state index in [0.29, 0.717) is 0 Å². The summed E-state index contributed by atoms with van der Waals surface area (Å²) < 4.78 is 0. The first-order valence-electron chi connectivity index (χ1n) is 4.94. The number of anilines is 1. The molecule has 1 aromatic carbocycles. The summed E-state index contributed by atoms with van der Waals surface area (Å²) in [7, 11) is 0. The highest BCUT2D eigenvalue weighted by Gasteiger charge is 2.22. The molecule has 0 aliphatic carbocycles. The Morgan fingerprint density at radius 1 is 1.44 bits per heavy atom. The molecule has 1 atom stereocenters. The molecular formula is C11H15ClN2OS. The number of hydrogen-bond acceptors (Lipinski definition) is 3. The van der Waals surface area contributed by atoms with E-state index in [1.54, 1.807) is 11.8 Å². The summed E-state index contributed by atoms with van der Waals surface area (Å²) >= 11 is 1.75. The van der Waals surface area contributed by atoms with Crippen LogP contribution in [0.2, 0.25) is 0 Å². The van der Waals surface area contributed by atoms with Crippen LogP contribution in [0.3, 0.4) is 0 Å². The highest BCUT2D eigenvalue weighted by atomic mass is 35.5. The molecule has 1 aliphatic heterocycles. The Morgan fingerprint density at radius 3 is 2.69 bits per heavy atom. The zero-order chi connectivity index (χ0) is 10.7. The lowest BCUT2D eigenvalue weighted by Gasteiger charge is -2.10. The van der Waals surface area contributed by atoms with Gasteiger partial charge in [0.2, 0.25) is 5.91 Å². The molecule has 5 heteroatoms. The van der Waals surface area contributed by atoms with Crippen molar-refractivity contribution < 1.29 is 4.79 Å². The molecule has 2 rings (SSSR count). The normalized spacial score (nSPS) is 18.9. The van der Waals surface area contributed by atoms with Crippen molar-refractivity contribution >= 4 is 35.8 Å². The zero-order valence-electron chi connectivity index (χ0n) is 9.03. The molecule has 0 saturated carbocycles. The molecule has 2 N–H and O–H groups in total. The molecule has 16 heavy (non-hydrogen) atoms. The van der Waals surface area contributed by atoms with Crippen molar-refractivity contribution in [2.24, 2.45) is 0 Å². The largest absolute Gasteiger partial charge is 0.325 e. The molecule has 1 amide bonds. The second-order valence-electron chi connectivity index (χ2n) is 3.63. The molecular weight excluding hydrogens is 244 g/mol. The van der Waals surface area contributed by atoms with E-state index in [-0.39, 0.29) is 24.4 Å². The average Bonchev–Trinajstić information content (AvgIpc) is 2.74. The third-order valence-electron chi connectivity index (χ3n) is 2.35. The van der Waals surface area contributed by atoms with Crippen LogP contribution >= 0.6 is 24.2 Å². The lowest BCUT2D eigenvalue weighted by Crippen LogP contribution is -2.37. The Hall–Kier alpha value is -0.710. The SMILES string of the molecule is Cc1ccc(NC(=O)[C@H]2CSCN2)cc1.Cl. The highest BCUT2D eigenvalue weighted by Crippen LogP contribution is 2.13. The number of halogens is 1. The first kappa shape index (κ1) is 13.4. The van der Waals surface area contributed by atoms with E-state index in [1.165, 1.54) is 5.56 Å². The summed E-state index contributed by atoms with van der Waals surface area (Å²) in [5.74, 6) is 1.78. The Kier molecular flexibility index (Phi) is 5.12. The smallest absolute Gasteiger partial charge is 0.242 e. The number of nitrogens with one attached hydrogen (secondary N) is 2. The monoisotopic (exact) mass is 258 g/mol. The third kappa shape index (κ3) is 3.40. The van der Waals surface area contributed by atoms with Gasteiger partial charge < -0.3 is 5.32 Å². The van der Waals surface area contributed by atoms with Crippen molar-refractivity contribution in [3.05, 3.63) is 29.8 Å². The molecule has 1 aromatic rings. The lowest BCUT2D eigenvalue weighted by atomic mass is 10.2. The summed E-state index contributed by atoms with van der Waals surface area (Å²) in [4.78, 5) is 11.7. The molecule has 1 saturated heterocycles. The minimum Gasteiger partial charge on any atom is -0.325 e. The van der Waals surface area contributed by atoms with E-state index in [2.05, 4.69) is 10.6 Å². The summed E-state index contributed by atoms with van der Waals surface area (Å²) in [6.45, 7) is 2.03. The van der Waals surface area contributed by atoms with Crippen LogP contribution in [0.5, 0.6) is 0 Å². The number of aryl methyl sites for hydroxylation is 1. The molecule has 0 spiro atoms. The average molecular weight is 259 g/mol. The van der Waals surface area contributed by atoms with E-state index in [0.717, 1.165) is 17.3 Å². The van der Waals surface area contributed by atoms with E-state index in [1.807, 2.05) is 31.2 Å². The second kappa shape index (κ2) is 6.13. The van der Waals surface area contributed by atoms with E-state index in [4.69, 9.17) is 0 Å². The number of benzene rings is 1. The fraction of sp³-hybridized carbons (Fsp3) is 0.364. The Bertz CT molecular complexity index is 350. The minimum atomic E-state index is -0.0451. The third-order valence-corrected chi connectivity index (χ3v) is 3.29. The van der Waals surface area contributed by atoms with Crippen molar-refractivity contribution in [2.75, 3.05) is 16.9 Å². The van der Waals surface area contributed by atoms with Crippen molar-refractivity contribution in [1.29, 1.82) is 0 Å². The van der Waals surface area contributed by atoms with Crippen LogP contribution in [0.15, 0.2) is 24.3 Å². The van der Waals surface area contributed by atoms with Gasteiger partial charge in [0, 0.05) is 17.3 Å². The maximum Gasteiger partial charge on any atom is 0.242 e. The number of amides is 1. The standard InChI is InChI=1S/C11H14N2OS.ClH/c1-8-2-4-9(5-3-8)13-11(14)10-6-15-7-12-10;/h2-5,10,12H,6-7H2,1H3,(H,13,14);1H/t10-;/m1./s1. The van der Waals surface area contributed by atoms with Crippen LogP contribution in [0.4, 0.5) is 5.69 Å². The van der Waals surface area contributed by atoms with Gasteiger partial charge in [0.25, 0.3) is 0 Å². The topological polar surface area (TPSA) is 41.1 Å². The molecule has 1 fully saturated rings. The van der Waals surface area contributed by atoms with Gasteiger partial charge in [-0.25, -0.2) is 0 Å². The van der Waals surface area contributed by atoms with Gasteiger partial charge in [0.05, 0.1) is 6.04 Å². The summed E-state index contributed by atoms with van der Waals surface area (Å²) in [6, 6.07) is 7.79. The fourth-order valence-corrected chi connectivity index (χ4v) is 2.37. The van der Waals surface area contributed by atoms with Gasteiger partial charge in [-0.2, -0.15) is 0 Å². The maximum atomic E-state index is 11.7. The van der Waals surface area contributed by atoms with Crippen LogP contribution in [0.1, 0.15) is 5.56 Å². The number of carbonyl (C=O) groups excluding carboxylic acids is 1. The molecule has 0 bridgehead atoms. The summed E-state index contributed by atoms with van der Waals surface area (Å²) in [6.07, 6.45) is 0. The molecule has 88 valence electrons. The van der Waals surface area contributed by atoms with Crippen LogP contribution < -0.4 is 10.6 Å². The van der Waals surface area contributed by atoms with Crippen LogP contribution in [-0.4, -0.2) is 23.6 Å². The van der Waals surface area contributed by atoms with Crippen LogP contribution in [0.25, 0.3) is 0 Å². The first-order valence-corrected chi connectivity index (χ1v) is 6.10. The second-order valence-corrected chi connectivity index (χ2v) is 4.66. The predicted molar refractivity (Wildman–Crippen MR) is 71.3 cm³/mol. The van der Waals surface area contributed by atoms with E-state index < -0.39 is 0 Å². The summed E-state index contributed by atoms with van der Waals surface area (Å²) in [5.41, 5.74) is 2.06.